The van der Waals surface area contributed by atoms with Crippen molar-refractivity contribution >= 4 is 17.3 Å². The van der Waals surface area contributed by atoms with Gasteiger partial charge in [-0.1, -0.05) is 0 Å². The first-order valence-corrected chi connectivity index (χ1v) is 14.0. The van der Waals surface area contributed by atoms with Gasteiger partial charge in [0.1, 0.15) is 24.4 Å². The maximum atomic E-state index is 15.1. The third-order valence-electron chi connectivity index (χ3n) is 8.77. The van der Waals surface area contributed by atoms with Crippen LogP contribution in [-0.2, 0) is 28.7 Å². The Labute approximate surface area is 234 Å². The first-order valence-electron chi connectivity index (χ1n) is 14.0. The standard InChI is InChI=1S/C28H32F5N5O3/c29-16-12-27(7-2-9-38(27)13-16)15-41-26-35-21-11-22(23-19(28(31,32)33)4-5-20(34)24(23)30)40-14-18(21)25(36-26)37-8-1-3-17(39)6-10-37/h4-5,16,22H,1-3,6-15,34H2/t16-,22?,27+/m1/s1. The summed E-state index contributed by atoms with van der Waals surface area (Å²) in [6.45, 7) is 2.11. The number of nitrogens with zero attached hydrogens (tertiary/aromatic N) is 4. The van der Waals surface area contributed by atoms with E-state index in [1.807, 2.05) is 4.90 Å². The van der Waals surface area contributed by atoms with Crippen LogP contribution in [0.4, 0.5) is 33.5 Å². The molecule has 2 aromatic rings. The summed E-state index contributed by atoms with van der Waals surface area (Å²) >= 11 is 0. The van der Waals surface area contributed by atoms with Crippen molar-refractivity contribution in [2.24, 2.45) is 0 Å². The molecule has 1 aromatic heterocycles. The zero-order chi connectivity index (χ0) is 28.9. The first-order chi connectivity index (χ1) is 19.5. The van der Waals surface area contributed by atoms with E-state index in [2.05, 4.69) is 14.9 Å². The summed E-state index contributed by atoms with van der Waals surface area (Å²) in [6.07, 6.45) is -3.76. The molecule has 222 valence electrons. The molecule has 2 N–H and O–H groups in total. The van der Waals surface area contributed by atoms with Crippen LogP contribution >= 0.6 is 0 Å². The number of Topliss-reactive ketones (excluding diaryl/α,β-unsaturated/α-hetero) is 1. The Morgan fingerprint density at radius 2 is 1.98 bits per heavy atom. The summed E-state index contributed by atoms with van der Waals surface area (Å²) in [6, 6.07) is 1.66. The number of alkyl halides is 4. The van der Waals surface area contributed by atoms with Crippen molar-refractivity contribution in [3.05, 3.63) is 40.3 Å². The van der Waals surface area contributed by atoms with Crippen molar-refractivity contribution in [1.82, 2.24) is 14.9 Å². The molecule has 1 unspecified atom stereocenters. The number of hydrogen-bond acceptors (Lipinski definition) is 8. The van der Waals surface area contributed by atoms with E-state index in [1.54, 1.807) is 0 Å². The van der Waals surface area contributed by atoms with Gasteiger partial charge in [-0.15, -0.1) is 0 Å². The molecule has 4 aliphatic rings. The minimum atomic E-state index is -4.82. The van der Waals surface area contributed by atoms with Gasteiger partial charge in [-0.2, -0.15) is 23.1 Å². The number of aromatic nitrogens is 2. The van der Waals surface area contributed by atoms with Gasteiger partial charge in [0.05, 0.1) is 35.2 Å². The Bertz CT molecular complexity index is 1340. The number of fused-ring (bicyclic) bond motifs is 2. The molecular formula is C28H32F5N5O3. The van der Waals surface area contributed by atoms with Crippen molar-refractivity contribution in [1.29, 1.82) is 0 Å². The van der Waals surface area contributed by atoms with Gasteiger partial charge in [0, 0.05) is 56.4 Å². The highest BCUT2D eigenvalue weighted by molar-refractivity contribution is 5.79. The minimum absolute atomic E-state index is 0.0163. The molecule has 0 aliphatic carbocycles. The van der Waals surface area contributed by atoms with Crippen LogP contribution in [0.3, 0.4) is 0 Å². The van der Waals surface area contributed by atoms with E-state index in [1.165, 1.54) is 0 Å². The normalized spacial score (nSPS) is 27.0. The SMILES string of the molecule is Nc1ccc(C(F)(F)F)c(C2Cc3nc(OC[C@@]45CCCN4C[C@H](F)C5)nc(N4CCCC(=O)CC4)c3CO2)c1F. The monoisotopic (exact) mass is 581 g/mol. The number of nitrogen functional groups attached to an aromatic ring is 1. The van der Waals surface area contributed by atoms with Crippen LogP contribution in [0.1, 0.15) is 67.0 Å². The van der Waals surface area contributed by atoms with Crippen LogP contribution in [0.25, 0.3) is 0 Å². The quantitative estimate of drug-likeness (QED) is 0.406. The number of nitrogens with two attached hydrogens (primary N) is 1. The van der Waals surface area contributed by atoms with Gasteiger partial charge in [-0.05, 0) is 37.9 Å². The molecule has 8 nitrogen and oxygen atoms in total. The number of anilines is 2. The molecule has 4 aliphatic heterocycles. The van der Waals surface area contributed by atoms with Gasteiger partial charge in [-0.25, -0.2) is 8.78 Å². The summed E-state index contributed by atoms with van der Waals surface area (Å²) in [4.78, 5) is 25.4. The van der Waals surface area contributed by atoms with E-state index in [9.17, 15) is 22.4 Å². The molecule has 0 spiro atoms. The minimum Gasteiger partial charge on any atom is -0.461 e. The smallest absolute Gasteiger partial charge is 0.416 e. The number of benzene rings is 1. The molecule has 5 heterocycles. The highest BCUT2D eigenvalue weighted by Crippen LogP contribution is 2.44. The van der Waals surface area contributed by atoms with Gasteiger partial charge in [0.15, 0.2) is 5.82 Å². The maximum Gasteiger partial charge on any atom is 0.416 e. The second kappa shape index (κ2) is 10.6. The predicted molar refractivity (Wildman–Crippen MR) is 139 cm³/mol. The summed E-state index contributed by atoms with van der Waals surface area (Å²) < 4.78 is 82.9. The molecule has 0 amide bonds. The third kappa shape index (κ3) is 5.33. The van der Waals surface area contributed by atoms with Gasteiger partial charge in [0.2, 0.25) is 0 Å². The lowest BCUT2D eigenvalue weighted by atomic mass is 9.94. The zero-order valence-corrected chi connectivity index (χ0v) is 22.5. The van der Waals surface area contributed by atoms with Crippen LogP contribution in [0, 0.1) is 5.82 Å². The number of carbonyl (C=O) groups excluding carboxylic acids is 1. The Hall–Kier alpha value is -3.06. The van der Waals surface area contributed by atoms with Crippen LogP contribution in [0.15, 0.2) is 12.1 Å². The van der Waals surface area contributed by atoms with E-state index < -0.39 is 46.6 Å². The average molecular weight is 582 g/mol. The summed E-state index contributed by atoms with van der Waals surface area (Å²) in [5.41, 5.74) is 3.91. The Balaban J connectivity index is 1.35. The maximum absolute atomic E-state index is 15.1. The Morgan fingerprint density at radius 1 is 1.15 bits per heavy atom. The summed E-state index contributed by atoms with van der Waals surface area (Å²) in [7, 11) is 0. The van der Waals surface area contributed by atoms with Crippen molar-refractivity contribution < 1.29 is 36.2 Å². The summed E-state index contributed by atoms with van der Waals surface area (Å²) in [5, 5.41) is 0. The second-order valence-electron chi connectivity index (χ2n) is 11.4. The molecule has 0 saturated carbocycles. The van der Waals surface area contributed by atoms with Crippen molar-refractivity contribution in [3.63, 3.8) is 0 Å². The highest BCUT2D eigenvalue weighted by Gasteiger charge is 2.49. The number of ether oxygens (including phenoxy) is 2. The van der Waals surface area contributed by atoms with Gasteiger partial charge in [0.25, 0.3) is 0 Å². The first kappa shape index (κ1) is 28.1. The van der Waals surface area contributed by atoms with Crippen molar-refractivity contribution in [2.45, 2.75) is 75.5 Å². The van der Waals surface area contributed by atoms with Crippen LogP contribution in [0.2, 0.25) is 0 Å². The van der Waals surface area contributed by atoms with E-state index in [4.69, 9.17) is 15.2 Å². The predicted octanol–water partition coefficient (Wildman–Crippen LogP) is 4.55. The topological polar surface area (TPSA) is 93.8 Å². The summed E-state index contributed by atoms with van der Waals surface area (Å²) in [5.74, 6) is -0.548. The number of rotatable bonds is 5. The van der Waals surface area contributed by atoms with Crippen LogP contribution in [-0.4, -0.2) is 65.1 Å². The molecule has 13 heteroatoms. The second-order valence-corrected chi connectivity index (χ2v) is 11.4. The Kier molecular flexibility index (Phi) is 7.29. The molecule has 0 radical (unpaired) electrons. The molecule has 41 heavy (non-hydrogen) atoms. The molecule has 0 bridgehead atoms. The largest absolute Gasteiger partial charge is 0.461 e. The fourth-order valence-electron chi connectivity index (χ4n) is 6.74. The highest BCUT2D eigenvalue weighted by atomic mass is 19.4. The number of halogens is 5. The third-order valence-corrected chi connectivity index (χ3v) is 8.77. The fourth-order valence-corrected chi connectivity index (χ4v) is 6.74. The van der Waals surface area contributed by atoms with Crippen molar-refractivity contribution in [2.75, 3.05) is 43.4 Å². The number of ketones is 1. The van der Waals surface area contributed by atoms with E-state index in [0.717, 1.165) is 31.5 Å². The van der Waals surface area contributed by atoms with E-state index in [-0.39, 0.29) is 31.4 Å². The number of hydrogen-bond donors (Lipinski definition) is 1. The van der Waals surface area contributed by atoms with Crippen LogP contribution < -0.4 is 15.4 Å². The molecular weight excluding hydrogens is 549 g/mol. The van der Waals surface area contributed by atoms with E-state index in [0.29, 0.717) is 62.4 Å². The molecule has 1 aromatic carbocycles. The lowest BCUT2D eigenvalue weighted by molar-refractivity contribution is -0.140. The van der Waals surface area contributed by atoms with Gasteiger partial charge in [-0.3, -0.25) is 9.69 Å². The molecule has 3 saturated heterocycles. The fraction of sp³-hybridized carbons (Fsp3) is 0.607. The van der Waals surface area contributed by atoms with Crippen LogP contribution in [0.5, 0.6) is 6.01 Å². The van der Waals surface area contributed by atoms with E-state index >= 15 is 4.39 Å². The molecule has 3 fully saturated rings. The lowest BCUT2D eigenvalue weighted by Gasteiger charge is -2.33. The molecule has 6 rings (SSSR count). The van der Waals surface area contributed by atoms with Gasteiger partial charge < -0.3 is 20.1 Å². The number of carbonyl (C=O) groups is 1. The van der Waals surface area contributed by atoms with Crippen molar-refractivity contribution in [3.8, 4) is 6.01 Å². The average Bonchev–Trinajstić information content (AvgIpc) is 3.35. The lowest BCUT2D eigenvalue weighted by Crippen LogP contribution is -2.43. The molecule has 3 atom stereocenters. The van der Waals surface area contributed by atoms with Gasteiger partial charge >= 0.3 is 12.2 Å². The Morgan fingerprint density at radius 3 is 2.78 bits per heavy atom. The zero-order valence-electron chi connectivity index (χ0n) is 22.5.